The fourth-order valence-corrected chi connectivity index (χ4v) is 2.56. The summed E-state index contributed by atoms with van der Waals surface area (Å²) in [5, 5.41) is 5.47. The molecular formula is C17H20N2O. The van der Waals surface area contributed by atoms with Gasteiger partial charge >= 0.3 is 0 Å². The van der Waals surface area contributed by atoms with Gasteiger partial charge in [-0.05, 0) is 18.6 Å². The fraction of sp³-hybridized carbons (Fsp3) is 0.353. The number of hydrogen-bond acceptors (Lipinski definition) is 2. The van der Waals surface area contributed by atoms with Crippen molar-refractivity contribution < 1.29 is 4.52 Å². The summed E-state index contributed by atoms with van der Waals surface area (Å²) < 4.78 is 5.63. The number of aromatic amines is 1. The Morgan fingerprint density at radius 1 is 1.20 bits per heavy atom. The van der Waals surface area contributed by atoms with Crippen LogP contribution >= 0.6 is 0 Å². The topological polar surface area (TPSA) is 41.8 Å². The monoisotopic (exact) mass is 268 g/mol. The molecule has 1 N–H and O–H groups in total. The maximum Gasteiger partial charge on any atom is 0.151 e. The molecule has 0 unspecified atom stereocenters. The second kappa shape index (κ2) is 4.51. The maximum atomic E-state index is 5.63. The molecule has 104 valence electrons. The Bertz CT molecular complexity index is 711. The zero-order chi connectivity index (χ0) is 14.3. The first-order chi connectivity index (χ1) is 9.50. The molecule has 0 atom stereocenters. The largest absolute Gasteiger partial charge is 0.360 e. The van der Waals surface area contributed by atoms with Crippen LogP contribution in [0.25, 0.3) is 22.2 Å². The van der Waals surface area contributed by atoms with Gasteiger partial charge in [0.25, 0.3) is 0 Å². The van der Waals surface area contributed by atoms with Crippen LogP contribution in [0.3, 0.4) is 0 Å². The van der Waals surface area contributed by atoms with E-state index in [1.165, 1.54) is 5.39 Å². The lowest BCUT2D eigenvalue weighted by atomic mass is 9.88. The number of fused-ring (bicyclic) bond motifs is 1. The zero-order valence-corrected chi connectivity index (χ0v) is 12.4. The number of nitrogens with one attached hydrogen (secondary N) is 1. The third-order valence-corrected chi connectivity index (χ3v) is 3.58. The fourth-order valence-electron chi connectivity index (χ4n) is 2.56. The van der Waals surface area contributed by atoms with E-state index in [2.05, 4.69) is 62.1 Å². The van der Waals surface area contributed by atoms with E-state index in [1.807, 2.05) is 6.07 Å². The van der Waals surface area contributed by atoms with Crippen molar-refractivity contribution in [3.63, 3.8) is 0 Å². The first-order valence-corrected chi connectivity index (χ1v) is 7.08. The van der Waals surface area contributed by atoms with Crippen LogP contribution in [0, 0.1) is 0 Å². The molecule has 20 heavy (non-hydrogen) atoms. The second-order valence-corrected chi connectivity index (χ2v) is 6.21. The molecular weight excluding hydrogens is 248 g/mol. The van der Waals surface area contributed by atoms with Gasteiger partial charge in [0.15, 0.2) is 5.76 Å². The molecule has 0 saturated heterocycles. The van der Waals surface area contributed by atoms with Gasteiger partial charge in [0.2, 0.25) is 0 Å². The Morgan fingerprint density at radius 3 is 2.60 bits per heavy atom. The van der Waals surface area contributed by atoms with E-state index in [0.29, 0.717) is 0 Å². The molecule has 0 bridgehead atoms. The standard InChI is InChI=1S/C17H20N2O/c1-5-12-15(16(20-19-12)17(2,3)4)14-10-11-8-6-7-9-13(11)18-14/h6-10,18H,5H2,1-4H3. The SMILES string of the molecule is CCc1noc(C(C)(C)C)c1-c1cc2ccccc2[nH]1. The van der Waals surface area contributed by atoms with Crippen molar-refractivity contribution in [2.75, 3.05) is 0 Å². The smallest absolute Gasteiger partial charge is 0.151 e. The van der Waals surface area contributed by atoms with Crippen LogP contribution in [0.15, 0.2) is 34.9 Å². The van der Waals surface area contributed by atoms with Crippen LogP contribution in [0.1, 0.15) is 39.1 Å². The molecule has 0 amide bonds. The summed E-state index contributed by atoms with van der Waals surface area (Å²) in [6.45, 7) is 8.56. The zero-order valence-electron chi connectivity index (χ0n) is 12.4. The Balaban J connectivity index is 2.24. The summed E-state index contributed by atoms with van der Waals surface area (Å²) in [5.74, 6) is 0.945. The van der Waals surface area contributed by atoms with Crippen LogP contribution in [-0.2, 0) is 11.8 Å². The predicted octanol–water partition coefficient (Wildman–Crippen LogP) is 4.68. The number of para-hydroxylation sites is 1. The summed E-state index contributed by atoms with van der Waals surface area (Å²) in [7, 11) is 0. The third-order valence-electron chi connectivity index (χ3n) is 3.58. The predicted molar refractivity (Wildman–Crippen MR) is 81.9 cm³/mol. The van der Waals surface area contributed by atoms with Crippen molar-refractivity contribution in [3.8, 4) is 11.3 Å². The lowest BCUT2D eigenvalue weighted by molar-refractivity contribution is 0.327. The van der Waals surface area contributed by atoms with Gasteiger partial charge in [0.1, 0.15) is 0 Å². The van der Waals surface area contributed by atoms with Crippen LogP contribution in [-0.4, -0.2) is 10.1 Å². The van der Waals surface area contributed by atoms with Gasteiger partial charge in [-0.25, -0.2) is 0 Å². The Labute approximate surface area is 119 Å². The second-order valence-electron chi connectivity index (χ2n) is 6.21. The van der Waals surface area contributed by atoms with Gasteiger partial charge in [-0.2, -0.15) is 0 Å². The van der Waals surface area contributed by atoms with E-state index in [4.69, 9.17) is 4.52 Å². The van der Waals surface area contributed by atoms with Gasteiger partial charge in [-0.3, -0.25) is 0 Å². The number of aryl methyl sites for hydroxylation is 1. The summed E-state index contributed by atoms with van der Waals surface area (Å²) in [5.41, 5.74) is 4.31. The number of rotatable bonds is 2. The highest BCUT2D eigenvalue weighted by Gasteiger charge is 2.27. The van der Waals surface area contributed by atoms with Gasteiger partial charge in [0, 0.05) is 16.3 Å². The van der Waals surface area contributed by atoms with Crippen LogP contribution < -0.4 is 0 Å². The highest BCUT2D eigenvalue weighted by molar-refractivity contribution is 5.86. The van der Waals surface area contributed by atoms with Crippen molar-refractivity contribution in [1.82, 2.24) is 10.1 Å². The molecule has 3 rings (SSSR count). The first-order valence-electron chi connectivity index (χ1n) is 7.08. The molecule has 0 aliphatic carbocycles. The quantitative estimate of drug-likeness (QED) is 0.733. The van der Waals surface area contributed by atoms with Crippen molar-refractivity contribution in [1.29, 1.82) is 0 Å². The van der Waals surface area contributed by atoms with E-state index in [-0.39, 0.29) is 5.41 Å². The van der Waals surface area contributed by atoms with Crippen LogP contribution in [0.5, 0.6) is 0 Å². The lowest BCUT2D eigenvalue weighted by Gasteiger charge is -2.15. The average molecular weight is 268 g/mol. The highest BCUT2D eigenvalue weighted by Crippen LogP contribution is 2.36. The van der Waals surface area contributed by atoms with E-state index < -0.39 is 0 Å². The maximum absolute atomic E-state index is 5.63. The number of benzene rings is 1. The van der Waals surface area contributed by atoms with Crippen molar-refractivity contribution >= 4 is 10.9 Å². The van der Waals surface area contributed by atoms with Gasteiger partial charge in [-0.15, -0.1) is 0 Å². The van der Waals surface area contributed by atoms with Crippen LogP contribution in [0.2, 0.25) is 0 Å². The minimum Gasteiger partial charge on any atom is -0.360 e. The third kappa shape index (κ3) is 2.03. The minimum absolute atomic E-state index is 0.0625. The van der Waals surface area contributed by atoms with E-state index in [0.717, 1.165) is 34.6 Å². The molecule has 3 aromatic rings. The number of nitrogens with zero attached hydrogens (tertiary/aromatic N) is 1. The van der Waals surface area contributed by atoms with E-state index in [9.17, 15) is 0 Å². The Kier molecular flexibility index (Phi) is 2.93. The van der Waals surface area contributed by atoms with E-state index >= 15 is 0 Å². The summed E-state index contributed by atoms with van der Waals surface area (Å²) in [4.78, 5) is 3.49. The molecule has 3 nitrogen and oxygen atoms in total. The first kappa shape index (κ1) is 13.0. The molecule has 0 fully saturated rings. The Morgan fingerprint density at radius 2 is 1.95 bits per heavy atom. The van der Waals surface area contributed by atoms with Crippen molar-refractivity contribution in [2.24, 2.45) is 0 Å². The van der Waals surface area contributed by atoms with Gasteiger partial charge in [0.05, 0.1) is 17.0 Å². The molecule has 0 saturated carbocycles. The normalized spacial score (nSPS) is 12.2. The lowest BCUT2D eigenvalue weighted by Crippen LogP contribution is -2.11. The Hall–Kier alpha value is -2.03. The molecule has 2 heterocycles. The van der Waals surface area contributed by atoms with Gasteiger partial charge < -0.3 is 9.51 Å². The van der Waals surface area contributed by atoms with Gasteiger partial charge in [-0.1, -0.05) is 51.1 Å². The minimum atomic E-state index is -0.0625. The summed E-state index contributed by atoms with van der Waals surface area (Å²) in [6, 6.07) is 10.5. The molecule has 0 aliphatic heterocycles. The average Bonchev–Trinajstić information content (AvgIpc) is 3.00. The summed E-state index contributed by atoms with van der Waals surface area (Å²) >= 11 is 0. The molecule has 0 aliphatic rings. The van der Waals surface area contributed by atoms with Crippen LogP contribution in [0.4, 0.5) is 0 Å². The van der Waals surface area contributed by atoms with E-state index in [1.54, 1.807) is 0 Å². The molecule has 2 aromatic heterocycles. The van der Waals surface area contributed by atoms with Crippen molar-refractivity contribution in [3.05, 3.63) is 41.8 Å². The molecule has 3 heteroatoms. The molecule has 0 spiro atoms. The molecule has 0 radical (unpaired) electrons. The number of H-pyrrole nitrogens is 1. The number of aromatic nitrogens is 2. The van der Waals surface area contributed by atoms with Crippen molar-refractivity contribution in [2.45, 2.75) is 39.5 Å². The number of hydrogen-bond donors (Lipinski definition) is 1. The summed E-state index contributed by atoms with van der Waals surface area (Å²) in [6.07, 6.45) is 0.865. The molecule has 1 aromatic carbocycles. The highest BCUT2D eigenvalue weighted by atomic mass is 16.5.